The van der Waals surface area contributed by atoms with Gasteiger partial charge >= 0.3 is 0 Å². The van der Waals surface area contributed by atoms with Crippen LogP contribution in [0.25, 0.3) is 0 Å². The molecule has 1 aliphatic rings. The number of carbonyl (C=O) groups excluding carboxylic acids is 1. The van der Waals surface area contributed by atoms with E-state index in [0.29, 0.717) is 40.5 Å². The van der Waals surface area contributed by atoms with Crippen molar-refractivity contribution in [3.63, 3.8) is 0 Å². The van der Waals surface area contributed by atoms with Crippen molar-refractivity contribution in [1.82, 2.24) is 15.3 Å². The van der Waals surface area contributed by atoms with E-state index >= 15 is 0 Å². The minimum atomic E-state index is -0.151. The topological polar surface area (TPSA) is 94.6 Å². The molecule has 0 radical (unpaired) electrons. The van der Waals surface area contributed by atoms with Crippen molar-refractivity contribution in [1.29, 1.82) is 0 Å². The summed E-state index contributed by atoms with van der Waals surface area (Å²) in [7, 11) is 4.64. The van der Waals surface area contributed by atoms with E-state index in [1.165, 1.54) is 12.4 Å². The number of benzene rings is 1. The molecule has 0 unspecified atom stereocenters. The molecule has 2 aromatic rings. The first-order valence-corrected chi connectivity index (χ1v) is 7.84. The van der Waals surface area contributed by atoms with Crippen LogP contribution in [0.3, 0.4) is 0 Å². The van der Waals surface area contributed by atoms with Crippen molar-refractivity contribution in [2.24, 2.45) is 0 Å². The van der Waals surface area contributed by atoms with Crippen LogP contribution in [-0.2, 0) is 0 Å². The van der Waals surface area contributed by atoms with Gasteiger partial charge in [-0.05, 0) is 12.8 Å². The van der Waals surface area contributed by atoms with Gasteiger partial charge in [-0.3, -0.25) is 4.79 Å². The van der Waals surface area contributed by atoms with Gasteiger partial charge in [-0.1, -0.05) is 0 Å². The minimum Gasteiger partial charge on any atom is -0.493 e. The van der Waals surface area contributed by atoms with Gasteiger partial charge in [-0.2, -0.15) is 0 Å². The van der Waals surface area contributed by atoms with Crippen LogP contribution in [0.5, 0.6) is 17.2 Å². The standard InChI is InChI=1S/C17H20N4O4/c1-23-13-6-12(7-14(24-2)15(13)25-3)21-17-18-8-10(9-19-17)16(22)20-11-4-5-11/h6-9,11H,4-5H2,1-3H3,(H,20,22)(H,18,19,21). The second-order valence-electron chi connectivity index (χ2n) is 5.58. The fourth-order valence-electron chi connectivity index (χ4n) is 2.29. The largest absolute Gasteiger partial charge is 0.493 e. The average molecular weight is 344 g/mol. The highest BCUT2D eigenvalue weighted by molar-refractivity contribution is 5.94. The summed E-state index contributed by atoms with van der Waals surface area (Å²) in [6.45, 7) is 0. The Bertz CT molecular complexity index is 735. The molecule has 8 heteroatoms. The van der Waals surface area contributed by atoms with Crippen LogP contribution < -0.4 is 24.8 Å². The van der Waals surface area contributed by atoms with Crippen molar-refractivity contribution in [3.05, 3.63) is 30.1 Å². The zero-order valence-electron chi connectivity index (χ0n) is 14.3. The molecule has 0 saturated heterocycles. The first-order chi connectivity index (χ1) is 12.1. The van der Waals surface area contributed by atoms with Crippen molar-refractivity contribution in [2.45, 2.75) is 18.9 Å². The molecular formula is C17H20N4O4. The lowest BCUT2D eigenvalue weighted by Crippen LogP contribution is -2.25. The number of hydrogen-bond acceptors (Lipinski definition) is 7. The van der Waals surface area contributed by atoms with Gasteiger partial charge in [-0.15, -0.1) is 0 Å². The Labute approximate surface area is 145 Å². The summed E-state index contributed by atoms with van der Waals surface area (Å²) >= 11 is 0. The van der Waals surface area contributed by atoms with Gasteiger partial charge in [0.15, 0.2) is 11.5 Å². The van der Waals surface area contributed by atoms with Gasteiger partial charge in [0.05, 0.1) is 26.9 Å². The molecule has 0 aliphatic heterocycles. The number of hydrogen-bond donors (Lipinski definition) is 2. The Balaban J connectivity index is 1.76. The molecule has 0 spiro atoms. The molecule has 0 bridgehead atoms. The second-order valence-corrected chi connectivity index (χ2v) is 5.58. The maximum absolute atomic E-state index is 11.9. The van der Waals surface area contributed by atoms with E-state index in [1.807, 2.05) is 0 Å². The lowest BCUT2D eigenvalue weighted by Gasteiger charge is -2.14. The molecule has 8 nitrogen and oxygen atoms in total. The van der Waals surface area contributed by atoms with E-state index in [2.05, 4.69) is 20.6 Å². The van der Waals surface area contributed by atoms with Gasteiger partial charge in [0, 0.05) is 36.3 Å². The number of amides is 1. The molecule has 1 aromatic carbocycles. The summed E-state index contributed by atoms with van der Waals surface area (Å²) in [5.74, 6) is 1.75. The van der Waals surface area contributed by atoms with Crippen LogP contribution >= 0.6 is 0 Å². The smallest absolute Gasteiger partial charge is 0.254 e. The predicted octanol–water partition coefficient (Wildman–Crippen LogP) is 2.14. The van der Waals surface area contributed by atoms with Crippen molar-refractivity contribution in [2.75, 3.05) is 26.6 Å². The summed E-state index contributed by atoms with van der Waals surface area (Å²) in [6.07, 6.45) is 5.05. The normalized spacial score (nSPS) is 13.1. The molecule has 3 rings (SSSR count). The summed E-state index contributed by atoms with van der Waals surface area (Å²) in [5, 5.41) is 5.95. The third kappa shape index (κ3) is 3.90. The lowest BCUT2D eigenvalue weighted by molar-refractivity contribution is 0.0950. The Morgan fingerprint density at radius 1 is 1.04 bits per heavy atom. The Kier molecular flexibility index (Phi) is 4.87. The van der Waals surface area contributed by atoms with Crippen LogP contribution in [-0.4, -0.2) is 43.2 Å². The van der Waals surface area contributed by atoms with Crippen LogP contribution in [0, 0.1) is 0 Å². The highest BCUT2D eigenvalue weighted by Crippen LogP contribution is 2.40. The number of carbonyl (C=O) groups is 1. The van der Waals surface area contributed by atoms with Crippen LogP contribution in [0.2, 0.25) is 0 Å². The van der Waals surface area contributed by atoms with E-state index < -0.39 is 0 Å². The van der Waals surface area contributed by atoms with E-state index in [4.69, 9.17) is 14.2 Å². The van der Waals surface area contributed by atoms with E-state index in [9.17, 15) is 4.79 Å². The SMILES string of the molecule is COc1cc(Nc2ncc(C(=O)NC3CC3)cn2)cc(OC)c1OC. The molecule has 1 aliphatic carbocycles. The summed E-state index contributed by atoms with van der Waals surface area (Å²) in [4.78, 5) is 20.3. The van der Waals surface area contributed by atoms with Crippen molar-refractivity contribution >= 4 is 17.5 Å². The molecule has 1 amide bonds. The Morgan fingerprint density at radius 2 is 1.64 bits per heavy atom. The van der Waals surface area contributed by atoms with Gasteiger partial charge in [0.2, 0.25) is 11.7 Å². The van der Waals surface area contributed by atoms with E-state index in [0.717, 1.165) is 12.8 Å². The van der Waals surface area contributed by atoms with Gasteiger partial charge < -0.3 is 24.8 Å². The Morgan fingerprint density at radius 3 is 2.12 bits per heavy atom. The highest BCUT2D eigenvalue weighted by atomic mass is 16.5. The molecule has 1 fully saturated rings. The first-order valence-electron chi connectivity index (χ1n) is 7.84. The maximum atomic E-state index is 11.9. The summed E-state index contributed by atoms with van der Waals surface area (Å²) in [5.41, 5.74) is 1.10. The number of methoxy groups -OCH3 is 3. The molecule has 0 atom stereocenters. The highest BCUT2D eigenvalue weighted by Gasteiger charge is 2.24. The van der Waals surface area contributed by atoms with Gasteiger partial charge in [0.1, 0.15) is 0 Å². The molecule has 1 saturated carbocycles. The molecule has 132 valence electrons. The molecule has 1 heterocycles. The number of nitrogens with one attached hydrogen (secondary N) is 2. The van der Waals surface area contributed by atoms with Crippen LogP contribution in [0.1, 0.15) is 23.2 Å². The molecular weight excluding hydrogens is 324 g/mol. The van der Waals surface area contributed by atoms with Gasteiger partial charge in [0.25, 0.3) is 5.91 Å². The number of anilines is 2. The minimum absolute atomic E-state index is 0.151. The second kappa shape index (κ2) is 7.25. The van der Waals surface area contributed by atoms with E-state index in [1.54, 1.807) is 33.5 Å². The molecule has 2 N–H and O–H groups in total. The number of nitrogens with zero attached hydrogens (tertiary/aromatic N) is 2. The lowest BCUT2D eigenvalue weighted by atomic mass is 10.2. The molecule has 25 heavy (non-hydrogen) atoms. The van der Waals surface area contributed by atoms with Crippen LogP contribution in [0.15, 0.2) is 24.5 Å². The average Bonchev–Trinajstić information content (AvgIpc) is 3.45. The third-order valence-electron chi connectivity index (χ3n) is 3.75. The van der Waals surface area contributed by atoms with E-state index in [-0.39, 0.29) is 5.91 Å². The monoisotopic (exact) mass is 344 g/mol. The quantitative estimate of drug-likeness (QED) is 0.794. The Hall–Kier alpha value is -3.03. The van der Waals surface area contributed by atoms with Crippen LogP contribution in [0.4, 0.5) is 11.6 Å². The van der Waals surface area contributed by atoms with Crippen molar-refractivity contribution in [3.8, 4) is 17.2 Å². The molecule has 1 aromatic heterocycles. The first kappa shape index (κ1) is 16.8. The van der Waals surface area contributed by atoms with Gasteiger partial charge in [-0.25, -0.2) is 9.97 Å². The zero-order valence-corrected chi connectivity index (χ0v) is 14.3. The summed E-state index contributed by atoms with van der Waals surface area (Å²) in [6, 6.07) is 3.79. The third-order valence-corrected chi connectivity index (χ3v) is 3.75. The predicted molar refractivity (Wildman–Crippen MR) is 91.9 cm³/mol. The fraction of sp³-hybridized carbons (Fsp3) is 0.353. The zero-order chi connectivity index (χ0) is 17.8. The maximum Gasteiger partial charge on any atom is 0.254 e. The number of aromatic nitrogens is 2. The fourth-order valence-corrected chi connectivity index (χ4v) is 2.29. The summed E-state index contributed by atoms with van der Waals surface area (Å²) < 4.78 is 15.9. The number of ether oxygens (including phenoxy) is 3. The number of rotatable bonds is 7. The van der Waals surface area contributed by atoms with Crippen molar-refractivity contribution < 1.29 is 19.0 Å².